The fourth-order valence-corrected chi connectivity index (χ4v) is 2.20. The average molecular weight is 233 g/mol. The molecular formula is C10H14Cl2Si. The van der Waals surface area contributed by atoms with Crippen LogP contribution >= 0.6 is 22.2 Å². The van der Waals surface area contributed by atoms with Gasteiger partial charge in [0.25, 0.3) is 6.69 Å². The normalized spacial score (nSPS) is 14.2. The van der Waals surface area contributed by atoms with Crippen molar-refractivity contribution in [1.29, 1.82) is 0 Å². The van der Waals surface area contributed by atoms with E-state index < -0.39 is 6.69 Å². The Hall–Kier alpha value is 0.0169. The Bertz CT molecular complexity index is 253. The van der Waals surface area contributed by atoms with Crippen molar-refractivity contribution >= 4 is 28.9 Å². The van der Waals surface area contributed by atoms with Gasteiger partial charge in [-0.2, -0.15) is 0 Å². The first kappa shape index (κ1) is 11.1. The lowest BCUT2D eigenvalue weighted by molar-refractivity contribution is 0.896. The van der Waals surface area contributed by atoms with E-state index in [1.165, 1.54) is 5.56 Å². The SMILES string of the molecule is C[C@H](Cc1ccccc1)[Si](C)(Cl)Cl. The second kappa shape index (κ2) is 4.49. The molecule has 0 aliphatic carbocycles. The van der Waals surface area contributed by atoms with Crippen LogP contribution in [0.1, 0.15) is 12.5 Å². The highest BCUT2D eigenvalue weighted by molar-refractivity contribution is 7.45. The van der Waals surface area contributed by atoms with E-state index in [-0.39, 0.29) is 0 Å². The molecule has 0 aliphatic heterocycles. The molecule has 0 amide bonds. The van der Waals surface area contributed by atoms with Gasteiger partial charge >= 0.3 is 0 Å². The van der Waals surface area contributed by atoms with Crippen LogP contribution in [0.4, 0.5) is 0 Å². The van der Waals surface area contributed by atoms with E-state index in [4.69, 9.17) is 22.2 Å². The van der Waals surface area contributed by atoms with Crippen LogP contribution in [-0.2, 0) is 6.42 Å². The summed E-state index contributed by atoms with van der Waals surface area (Å²) in [5, 5.41) is 0. The van der Waals surface area contributed by atoms with E-state index in [0.29, 0.717) is 5.54 Å². The molecule has 0 radical (unpaired) electrons. The summed E-state index contributed by atoms with van der Waals surface area (Å²) >= 11 is 12.3. The van der Waals surface area contributed by atoms with Crippen LogP contribution in [0, 0.1) is 0 Å². The van der Waals surface area contributed by atoms with Crippen LogP contribution in [0.5, 0.6) is 0 Å². The molecule has 0 heterocycles. The number of benzene rings is 1. The van der Waals surface area contributed by atoms with Crippen molar-refractivity contribution in [2.75, 3.05) is 0 Å². The van der Waals surface area contributed by atoms with Gasteiger partial charge in [-0.15, -0.1) is 22.2 Å². The molecule has 0 saturated carbocycles. The third-order valence-corrected chi connectivity index (χ3v) is 6.42. The molecule has 0 unspecified atom stereocenters. The summed E-state index contributed by atoms with van der Waals surface area (Å²) in [6, 6.07) is 10.3. The summed E-state index contributed by atoms with van der Waals surface area (Å²) in [5.74, 6) is 0. The highest BCUT2D eigenvalue weighted by Gasteiger charge is 2.29. The number of halogens is 2. The summed E-state index contributed by atoms with van der Waals surface area (Å²) < 4.78 is 0. The lowest BCUT2D eigenvalue weighted by atomic mass is 10.1. The van der Waals surface area contributed by atoms with Crippen LogP contribution in [0.15, 0.2) is 30.3 Å². The number of hydrogen-bond donors (Lipinski definition) is 0. The zero-order valence-electron chi connectivity index (χ0n) is 7.93. The van der Waals surface area contributed by atoms with Gasteiger partial charge in [-0.25, -0.2) is 0 Å². The van der Waals surface area contributed by atoms with Gasteiger partial charge in [-0.1, -0.05) is 37.3 Å². The quantitative estimate of drug-likeness (QED) is 0.543. The van der Waals surface area contributed by atoms with Gasteiger partial charge in [0.2, 0.25) is 0 Å². The maximum atomic E-state index is 6.14. The van der Waals surface area contributed by atoms with Crippen LogP contribution in [0.3, 0.4) is 0 Å². The zero-order valence-corrected chi connectivity index (χ0v) is 10.4. The monoisotopic (exact) mass is 232 g/mol. The van der Waals surface area contributed by atoms with Gasteiger partial charge in [0.15, 0.2) is 0 Å². The van der Waals surface area contributed by atoms with Gasteiger partial charge in [0.1, 0.15) is 0 Å². The first-order chi connectivity index (χ1) is 6.00. The molecule has 1 atom stereocenters. The Balaban J connectivity index is 2.61. The standard InChI is InChI=1S/C10H14Cl2Si/c1-9(13(2,11)12)8-10-6-4-3-5-7-10/h3-7,9H,8H2,1-2H3/t9-/m1/s1. The van der Waals surface area contributed by atoms with E-state index in [1.54, 1.807) is 0 Å². The summed E-state index contributed by atoms with van der Waals surface area (Å²) in [4.78, 5) is 0. The molecule has 1 aromatic carbocycles. The van der Waals surface area contributed by atoms with E-state index >= 15 is 0 Å². The molecule has 0 aromatic heterocycles. The van der Waals surface area contributed by atoms with Crippen molar-refractivity contribution in [3.8, 4) is 0 Å². The second-order valence-electron chi connectivity index (χ2n) is 3.55. The summed E-state index contributed by atoms with van der Waals surface area (Å²) in [6.07, 6.45) is 0.983. The van der Waals surface area contributed by atoms with Crippen molar-refractivity contribution in [1.82, 2.24) is 0 Å². The lowest BCUT2D eigenvalue weighted by Gasteiger charge is -2.19. The second-order valence-corrected chi connectivity index (χ2v) is 11.7. The van der Waals surface area contributed by atoms with Crippen molar-refractivity contribution in [3.63, 3.8) is 0 Å². The maximum absolute atomic E-state index is 6.14. The van der Waals surface area contributed by atoms with Gasteiger partial charge < -0.3 is 0 Å². The Morgan fingerprint density at radius 3 is 2.23 bits per heavy atom. The van der Waals surface area contributed by atoms with Gasteiger partial charge in [-0.05, 0) is 24.1 Å². The molecule has 0 fully saturated rings. The molecule has 1 aromatic rings. The third kappa shape index (κ3) is 3.71. The first-order valence-electron chi connectivity index (χ1n) is 4.42. The Kier molecular flexibility index (Phi) is 3.83. The topological polar surface area (TPSA) is 0 Å². The van der Waals surface area contributed by atoms with E-state index in [9.17, 15) is 0 Å². The van der Waals surface area contributed by atoms with E-state index in [1.807, 2.05) is 24.7 Å². The summed E-state index contributed by atoms with van der Waals surface area (Å²) in [5.41, 5.74) is 1.72. The van der Waals surface area contributed by atoms with Crippen LogP contribution in [0.2, 0.25) is 12.1 Å². The van der Waals surface area contributed by atoms with Crippen LogP contribution < -0.4 is 0 Å². The summed E-state index contributed by atoms with van der Waals surface area (Å²) in [7, 11) is 0. The Labute approximate surface area is 90.3 Å². The smallest absolute Gasteiger partial charge is 0.146 e. The van der Waals surface area contributed by atoms with Crippen LogP contribution in [0.25, 0.3) is 0 Å². The molecule has 0 bridgehead atoms. The highest BCUT2D eigenvalue weighted by Crippen LogP contribution is 2.31. The van der Waals surface area contributed by atoms with Crippen LogP contribution in [-0.4, -0.2) is 6.69 Å². The van der Waals surface area contributed by atoms with E-state index in [2.05, 4.69) is 19.1 Å². The molecule has 0 nitrogen and oxygen atoms in total. The zero-order chi connectivity index (χ0) is 9.90. The van der Waals surface area contributed by atoms with Gasteiger partial charge in [0, 0.05) is 0 Å². The van der Waals surface area contributed by atoms with Crippen molar-refractivity contribution in [2.24, 2.45) is 0 Å². The molecule has 72 valence electrons. The van der Waals surface area contributed by atoms with Gasteiger partial charge in [0.05, 0.1) is 0 Å². The Morgan fingerprint density at radius 1 is 1.23 bits per heavy atom. The largest absolute Gasteiger partial charge is 0.251 e. The molecule has 0 spiro atoms. The van der Waals surface area contributed by atoms with E-state index in [0.717, 1.165) is 6.42 Å². The molecule has 1 rings (SSSR count). The predicted octanol–water partition coefficient (Wildman–Crippen LogP) is 4.17. The predicted molar refractivity (Wildman–Crippen MR) is 62.9 cm³/mol. The van der Waals surface area contributed by atoms with Gasteiger partial charge in [-0.3, -0.25) is 0 Å². The number of hydrogen-bond acceptors (Lipinski definition) is 0. The molecule has 3 heteroatoms. The molecule has 0 saturated heterocycles. The molecule has 0 N–H and O–H groups in total. The van der Waals surface area contributed by atoms with Crippen molar-refractivity contribution < 1.29 is 0 Å². The third-order valence-electron chi connectivity index (χ3n) is 2.25. The average Bonchev–Trinajstić information content (AvgIpc) is 2.04. The fourth-order valence-electron chi connectivity index (χ4n) is 1.15. The highest BCUT2D eigenvalue weighted by atomic mass is 35.7. The van der Waals surface area contributed by atoms with Crippen molar-refractivity contribution in [3.05, 3.63) is 35.9 Å². The summed E-state index contributed by atoms with van der Waals surface area (Å²) in [6.45, 7) is 2.10. The minimum atomic E-state index is -2.00. The van der Waals surface area contributed by atoms with Crippen molar-refractivity contribution in [2.45, 2.75) is 25.4 Å². The minimum absolute atomic E-state index is 0.401. The first-order valence-corrected chi connectivity index (χ1v) is 9.02. The maximum Gasteiger partial charge on any atom is 0.251 e. The fraction of sp³-hybridized carbons (Fsp3) is 0.400. The lowest BCUT2D eigenvalue weighted by Crippen LogP contribution is -2.21. The molecular weight excluding hydrogens is 219 g/mol. The molecule has 0 aliphatic rings. The number of rotatable bonds is 3. The minimum Gasteiger partial charge on any atom is -0.146 e. The Morgan fingerprint density at radius 2 is 1.77 bits per heavy atom. The molecule has 13 heavy (non-hydrogen) atoms.